The van der Waals surface area contributed by atoms with Crippen molar-refractivity contribution in [1.29, 1.82) is 0 Å². The van der Waals surface area contributed by atoms with Crippen molar-refractivity contribution in [3.05, 3.63) is 44.8 Å². The van der Waals surface area contributed by atoms with Crippen molar-refractivity contribution in [3.8, 4) is 0 Å². The molecule has 2 N–H and O–H groups in total. The van der Waals surface area contributed by atoms with Crippen LogP contribution in [0.25, 0.3) is 0 Å². The quantitative estimate of drug-likeness (QED) is 0.920. The average molecular weight is 285 g/mol. The molecule has 2 aromatic rings. The number of hydrogen-bond donors (Lipinski definition) is 1. The Morgan fingerprint density at radius 1 is 1.47 bits per heavy atom. The van der Waals surface area contributed by atoms with Crippen LogP contribution in [0.5, 0.6) is 0 Å². The molecule has 80 valence electrons. The minimum absolute atomic E-state index is 0.112. The number of rotatable bonds is 3. The maximum absolute atomic E-state index is 5.81. The van der Waals surface area contributed by atoms with Crippen LogP contribution in [-0.4, -0.2) is 4.57 Å². The summed E-state index contributed by atoms with van der Waals surface area (Å²) < 4.78 is 3.34. The Morgan fingerprint density at radius 2 is 2.27 bits per heavy atom. The molecule has 0 spiro atoms. The summed E-state index contributed by atoms with van der Waals surface area (Å²) in [4.78, 5) is 1.34. The van der Waals surface area contributed by atoms with Crippen LogP contribution in [0.1, 0.15) is 23.4 Å². The van der Waals surface area contributed by atoms with Crippen LogP contribution in [0.4, 0.5) is 0 Å². The molecule has 4 heteroatoms. The molecule has 15 heavy (non-hydrogen) atoms. The van der Waals surface area contributed by atoms with Gasteiger partial charge in [-0.1, -0.05) is 0 Å². The molecular weight excluding hydrogens is 272 g/mol. The molecule has 2 nitrogen and oxygen atoms in total. The Hall–Kier alpha value is -0.580. The summed E-state index contributed by atoms with van der Waals surface area (Å²) in [5.74, 6) is 0. The van der Waals surface area contributed by atoms with Gasteiger partial charge < -0.3 is 10.3 Å². The molecule has 2 rings (SSSR count). The zero-order chi connectivity index (χ0) is 10.8. The van der Waals surface area contributed by atoms with Crippen LogP contribution < -0.4 is 5.73 Å². The van der Waals surface area contributed by atoms with Gasteiger partial charge in [-0.25, -0.2) is 0 Å². The third-order valence-corrected chi connectivity index (χ3v) is 3.87. The zero-order valence-corrected chi connectivity index (χ0v) is 10.9. The van der Waals surface area contributed by atoms with Crippen LogP contribution in [-0.2, 0) is 6.54 Å². The molecule has 0 amide bonds. The Morgan fingerprint density at radius 3 is 2.80 bits per heavy atom. The molecule has 0 aliphatic heterocycles. The first-order chi connectivity index (χ1) is 7.15. The van der Waals surface area contributed by atoms with Crippen LogP contribution in [0.3, 0.4) is 0 Å². The van der Waals surface area contributed by atoms with Crippen molar-refractivity contribution in [2.24, 2.45) is 5.73 Å². The van der Waals surface area contributed by atoms with Crippen molar-refractivity contribution < 1.29 is 0 Å². The molecule has 0 aliphatic rings. The summed E-state index contributed by atoms with van der Waals surface area (Å²) in [5, 5.41) is 0. The second-order valence-electron chi connectivity index (χ2n) is 3.61. The highest BCUT2D eigenvalue weighted by molar-refractivity contribution is 9.11. The molecule has 0 bridgehead atoms. The number of aromatic nitrogens is 1. The van der Waals surface area contributed by atoms with Crippen molar-refractivity contribution in [1.82, 2.24) is 4.57 Å². The van der Waals surface area contributed by atoms with Crippen LogP contribution in [0.15, 0.2) is 34.4 Å². The number of halogens is 1. The second kappa shape index (κ2) is 4.51. The third kappa shape index (κ3) is 2.71. The van der Waals surface area contributed by atoms with E-state index in [4.69, 9.17) is 5.73 Å². The smallest absolute Gasteiger partial charge is 0.0702 e. The molecule has 1 atom stereocenters. The minimum atomic E-state index is 0.112. The van der Waals surface area contributed by atoms with E-state index in [2.05, 4.69) is 51.1 Å². The fourth-order valence-electron chi connectivity index (χ4n) is 1.44. The molecule has 2 heterocycles. The summed E-state index contributed by atoms with van der Waals surface area (Å²) in [6.45, 7) is 2.92. The molecule has 0 radical (unpaired) electrons. The van der Waals surface area contributed by atoms with Crippen LogP contribution in [0, 0.1) is 0 Å². The summed E-state index contributed by atoms with van der Waals surface area (Å²) in [6.07, 6.45) is 4.19. The van der Waals surface area contributed by atoms with Gasteiger partial charge in [0.1, 0.15) is 0 Å². The van der Waals surface area contributed by atoms with E-state index in [1.54, 1.807) is 11.3 Å². The fourth-order valence-corrected chi connectivity index (χ4v) is 2.94. The van der Waals surface area contributed by atoms with Crippen molar-refractivity contribution in [3.63, 3.8) is 0 Å². The fraction of sp³-hybridized carbons (Fsp3) is 0.273. The van der Waals surface area contributed by atoms with Gasteiger partial charge in [-0.3, -0.25) is 0 Å². The lowest BCUT2D eigenvalue weighted by Gasteiger charge is -2.01. The maximum atomic E-state index is 5.81. The topological polar surface area (TPSA) is 30.9 Å². The molecule has 0 saturated carbocycles. The van der Waals surface area contributed by atoms with Gasteiger partial charge in [0.2, 0.25) is 0 Å². The Kier molecular flexibility index (Phi) is 3.29. The molecular formula is C11H13BrN2S. The average Bonchev–Trinajstić information content (AvgIpc) is 2.76. The second-order valence-corrected chi connectivity index (χ2v) is 6.16. The van der Waals surface area contributed by atoms with Gasteiger partial charge in [0.05, 0.1) is 10.3 Å². The standard InChI is InChI=1S/C11H13BrN2S/c1-8(13)9-4-5-14(6-9)7-10-2-3-11(12)15-10/h2-6,8H,7,13H2,1H3. The van der Waals surface area contributed by atoms with Crippen molar-refractivity contribution >= 4 is 27.3 Å². The van der Waals surface area contributed by atoms with Gasteiger partial charge in [-0.2, -0.15) is 0 Å². The lowest BCUT2D eigenvalue weighted by atomic mass is 10.2. The molecule has 0 fully saturated rings. The molecule has 2 aromatic heterocycles. The van der Waals surface area contributed by atoms with E-state index in [1.807, 2.05) is 6.92 Å². The normalized spacial score (nSPS) is 13.0. The first kappa shape index (κ1) is 10.9. The minimum Gasteiger partial charge on any atom is -0.349 e. The summed E-state index contributed by atoms with van der Waals surface area (Å²) in [5.41, 5.74) is 6.99. The van der Waals surface area contributed by atoms with Gasteiger partial charge in [0.25, 0.3) is 0 Å². The monoisotopic (exact) mass is 284 g/mol. The summed E-state index contributed by atoms with van der Waals surface area (Å²) in [7, 11) is 0. The predicted octanol–water partition coefficient (Wildman–Crippen LogP) is 3.38. The lowest BCUT2D eigenvalue weighted by Crippen LogP contribution is -2.03. The van der Waals surface area contributed by atoms with E-state index in [0.29, 0.717) is 0 Å². The summed E-state index contributed by atoms with van der Waals surface area (Å²) >= 11 is 5.23. The van der Waals surface area contributed by atoms with Gasteiger partial charge in [0.15, 0.2) is 0 Å². The van der Waals surface area contributed by atoms with Crippen molar-refractivity contribution in [2.75, 3.05) is 0 Å². The highest BCUT2D eigenvalue weighted by Crippen LogP contribution is 2.23. The van der Waals surface area contributed by atoms with E-state index in [-0.39, 0.29) is 6.04 Å². The van der Waals surface area contributed by atoms with Gasteiger partial charge in [-0.05, 0) is 46.6 Å². The SMILES string of the molecule is CC(N)c1ccn(Cc2ccc(Br)s2)c1. The largest absolute Gasteiger partial charge is 0.349 e. The first-order valence-electron chi connectivity index (χ1n) is 4.80. The number of nitrogens with zero attached hydrogens (tertiary/aromatic N) is 1. The van der Waals surface area contributed by atoms with Gasteiger partial charge in [-0.15, -0.1) is 11.3 Å². The van der Waals surface area contributed by atoms with E-state index in [9.17, 15) is 0 Å². The maximum Gasteiger partial charge on any atom is 0.0702 e. The zero-order valence-electron chi connectivity index (χ0n) is 8.48. The molecule has 0 saturated heterocycles. The number of hydrogen-bond acceptors (Lipinski definition) is 2. The Balaban J connectivity index is 2.11. The lowest BCUT2D eigenvalue weighted by molar-refractivity contribution is 0.784. The summed E-state index contributed by atoms with van der Waals surface area (Å²) in [6, 6.07) is 6.41. The number of nitrogens with two attached hydrogens (primary N) is 1. The Bertz CT molecular complexity index is 445. The van der Waals surface area contributed by atoms with E-state index < -0.39 is 0 Å². The van der Waals surface area contributed by atoms with E-state index in [1.165, 1.54) is 14.2 Å². The highest BCUT2D eigenvalue weighted by atomic mass is 79.9. The highest BCUT2D eigenvalue weighted by Gasteiger charge is 2.03. The van der Waals surface area contributed by atoms with Crippen molar-refractivity contribution in [2.45, 2.75) is 19.5 Å². The van der Waals surface area contributed by atoms with E-state index in [0.717, 1.165) is 6.54 Å². The van der Waals surface area contributed by atoms with Crippen LogP contribution >= 0.6 is 27.3 Å². The predicted molar refractivity (Wildman–Crippen MR) is 68.2 cm³/mol. The van der Waals surface area contributed by atoms with E-state index >= 15 is 0 Å². The molecule has 0 aromatic carbocycles. The Labute approximate surface area is 102 Å². The molecule has 0 aliphatic carbocycles. The first-order valence-corrected chi connectivity index (χ1v) is 6.41. The third-order valence-electron chi connectivity index (χ3n) is 2.27. The van der Waals surface area contributed by atoms with Gasteiger partial charge >= 0.3 is 0 Å². The molecule has 1 unspecified atom stereocenters. The van der Waals surface area contributed by atoms with Gasteiger partial charge in [0, 0.05) is 23.3 Å². The number of thiophene rings is 1. The van der Waals surface area contributed by atoms with Crippen LogP contribution in [0.2, 0.25) is 0 Å².